The molecule has 1 aromatic carbocycles. The van der Waals surface area contributed by atoms with Crippen molar-refractivity contribution in [1.82, 2.24) is 9.88 Å². The number of nitrogens with one attached hydrogen (secondary N) is 1. The van der Waals surface area contributed by atoms with E-state index in [9.17, 15) is 18.0 Å². The van der Waals surface area contributed by atoms with Gasteiger partial charge in [0.25, 0.3) is 0 Å². The van der Waals surface area contributed by atoms with Gasteiger partial charge < -0.3 is 15.0 Å². The van der Waals surface area contributed by atoms with Crippen molar-refractivity contribution in [3.05, 3.63) is 36.0 Å². The first-order chi connectivity index (χ1) is 11.9. The van der Waals surface area contributed by atoms with Crippen LogP contribution in [-0.2, 0) is 10.9 Å². The number of aromatic nitrogens is 1. The molecule has 2 heterocycles. The van der Waals surface area contributed by atoms with Crippen LogP contribution in [0.3, 0.4) is 0 Å². The van der Waals surface area contributed by atoms with Crippen LogP contribution in [-0.4, -0.2) is 42.2 Å². The van der Waals surface area contributed by atoms with Crippen molar-refractivity contribution in [2.75, 3.05) is 25.5 Å². The van der Waals surface area contributed by atoms with E-state index >= 15 is 0 Å². The van der Waals surface area contributed by atoms with Gasteiger partial charge in [-0.2, -0.15) is 13.2 Å². The Kier molecular flexibility index (Phi) is 4.69. The van der Waals surface area contributed by atoms with Gasteiger partial charge in [0.15, 0.2) is 0 Å². The van der Waals surface area contributed by atoms with Crippen LogP contribution in [0.1, 0.15) is 18.4 Å². The summed E-state index contributed by atoms with van der Waals surface area (Å²) in [6.07, 6.45) is -1.76. The number of likely N-dealkylation sites (tertiary alicyclic amines) is 1. The fourth-order valence-corrected chi connectivity index (χ4v) is 3.01. The van der Waals surface area contributed by atoms with Gasteiger partial charge in [-0.3, -0.25) is 4.98 Å². The first-order valence-corrected chi connectivity index (χ1v) is 7.94. The summed E-state index contributed by atoms with van der Waals surface area (Å²) < 4.78 is 43.2. The maximum Gasteiger partial charge on any atom is 0.416 e. The third-order valence-electron chi connectivity index (χ3n) is 4.36. The molecule has 1 N–H and O–H groups in total. The van der Waals surface area contributed by atoms with Crippen molar-refractivity contribution in [3.8, 4) is 0 Å². The van der Waals surface area contributed by atoms with Crippen LogP contribution in [0.5, 0.6) is 0 Å². The predicted molar refractivity (Wildman–Crippen MR) is 87.4 cm³/mol. The molecule has 1 aromatic heterocycles. The lowest BCUT2D eigenvalue weighted by Gasteiger charge is -2.32. The molecule has 2 aromatic rings. The summed E-state index contributed by atoms with van der Waals surface area (Å²) in [4.78, 5) is 17.2. The molecule has 1 aliphatic rings. The number of halogens is 3. The molecule has 0 unspecified atom stereocenters. The molecule has 0 spiro atoms. The molecular formula is C17H18F3N3O2. The summed E-state index contributed by atoms with van der Waals surface area (Å²) in [7, 11) is 1.35. The van der Waals surface area contributed by atoms with Gasteiger partial charge in [0.2, 0.25) is 0 Å². The van der Waals surface area contributed by atoms with E-state index < -0.39 is 11.7 Å². The summed E-state index contributed by atoms with van der Waals surface area (Å²) in [5.41, 5.74) is 0.332. The number of benzene rings is 1. The summed E-state index contributed by atoms with van der Waals surface area (Å²) in [6.45, 7) is 1.15. The highest BCUT2D eigenvalue weighted by Crippen LogP contribution is 2.33. The summed E-state index contributed by atoms with van der Waals surface area (Å²) in [5, 5.41) is 4.00. The lowest BCUT2D eigenvalue weighted by molar-refractivity contribution is -0.137. The number of alkyl halides is 3. The molecule has 0 bridgehead atoms. The van der Waals surface area contributed by atoms with E-state index in [4.69, 9.17) is 4.74 Å². The smallest absolute Gasteiger partial charge is 0.416 e. The minimum Gasteiger partial charge on any atom is -0.453 e. The van der Waals surface area contributed by atoms with Crippen LogP contribution >= 0.6 is 0 Å². The number of fused-ring (bicyclic) bond motifs is 1. The van der Waals surface area contributed by atoms with Gasteiger partial charge in [0, 0.05) is 36.4 Å². The molecule has 0 radical (unpaired) electrons. The van der Waals surface area contributed by atoms with Crippen molar-refractivity contribution < 1.29 is 22.7 Å². The molecule has 134 valence electrons. The topological polar surface area (TPSA) is 54.5 Å². The van der Waals surface area contributed by atoms with E-state index in [1.54, 1.807) is 11.0 Å². The average Bonchev–Trinajstić information content (AvgIpc) is 2.61. The summed E-state index contributed by atoms with van der Waals surface area (Å²) in [6, 6.07) is 5.45. The lowest BCUT2D eigenvalue weighted by Crippen LogP contribution is -2.42. The Morgan fingerprint density at radius 1 is 1.28 bits per heavy atom. The Bertz CT molecular complexity index is 771. The largest absolute Gasteiger partial charge is 0.453 e. The first kappa shape index (κ1) is 17.3. The number of piperidine rings is 1. The number of methoxy groups -OCH3 is 1. The highest BCUT2D eigenvalue weighted by atomic mass is 19.4. The van der Waals surface area contributed by atoms with Crippen LogP contribution < -0.4 is 5.32 Å². The van der Waals surface area contributed by atoms with Gasteiger partial charge in [-0.25, -0.2) is 4.79 Å². The minimum atomic E-state index is -4.39. The number of nitrogens with zero attached hydrogens (tertiary/aromatic N) is 2. The molecule has 1 saturated heterocycles. The highest BCUT2D eigenvalue weighted by Gasteiger charge is 2.31. The second-order valence-corrected chi connectivity index (χ2v) is 5.96. The molecule has 1 amide bonds. The molecule has 8 heteroatoms. The summed E-state index contributed by atoms with van der Waals surface area (Å²) in [5.74, 6) is 0. The van der Waals surface area contributed by atoms with Crippen molar-refractivity contribution in [2.45, 2.75) is 25.1 Å². The average molecular weight is 353 g/mol. The van der Waals surface area contributed by atoms with Gasteiger partial charge in [-0.1, -0.05) is 6.07 Å². The number of carbonyl (C=O) groups excluding carboxylic acids is 1. The number of hydrogen-bond acceptors (Lipinski definition) is 4. The van der Waals surface area contributed by atoms with E-state index in [2.05, 4.69) is 10.3 Å². The van der Waals surface area contributed by atoms with Crippen LogP contribution in [0.4, 0.5) is 23.7 Å². The number of ether oxygens (including phenoxy) is 1. The van der Waals surface area contributed by atoms with Gasteiger partial charge in [-0.05, 0) is 31.0 Å². The van der Waals surface area contributed by atoms with Gasteiger partial charge in [0.1, 0.15) is 0 Å². The molecule has 0 aliphatic carbocycles. The molecule has 0 atom stereocenters. The minimum absolute atomic E-state index is 0.133. The third-order valence-corrected chi connectivity index (χ3v) is 4.36. The van der Waals surface area contributed by atoms with Gasteiger partial charge in [-0.15, -0.1) is 0 Å². The number of carbonyl (C=O) groups is 1. The van der Waals surface area contributed by atoms with Crippen LogP contribution in [0.15, 0.2) is 30.5 Å². The Hall–Kier alpha value is -2.51. The van der Waals surface area contributed by atoms with E-state index in [0.29, 0.717) is 24.0 Å². The number of pyridine rings is 1. The van der Waals surface area contributed by atoms with Crippen LogP contribution in [0.2, 0.25) is 0 Å². The molecule has 25 heavy (non-hydrogen) atoms. The zero-order valence-corrected chi connectivity index (χ0v) is 13.6. The van der Waals surface area contributed by atoms with E-state index in [1.165, 1.54) is 19.4 Å². The maximum absolute atomic E-state index is 12.8. The quantitative estimate of drug-likeness (QED) is 0.890. The second kappa shape index (κ2) is 6.78. The fraction of sp³-hybridized carbons (Fsp3) is 0.412. The number of hydrogen-bond donors (Lipinski definition) is 1. The molecule has 1 aliphatic heterocycles. The third kappa shape index (κ3) is 3.78. The SMILES string of the molecule is COC(=O)N1CCC(Nc2ccnc3cc(C(F)(F)F)ccc23)CC1. The molecular weight excluding hydrogens is 335 g/mol. The monoisotopic (exact) mass is 353 g/mol. The highest BCUT2D eigenvalue weighted by molar-refractivity contribution is 5.91. The van der Waals surface area contributed by atoms with Crippen molar-refractivity contribution in [3.63, 3.8) is 0 Å². The fourth-order valence-electron chi connectivity index (χ4n) is 3.01. The summed E-state index contributed by atoms with van der Waals surface area (Å²) >= 11 is 0. The van der Waals surface area contributed by atoms with Gasteiger partial charge in [0.05, 0.1) is 18.2 Å². The van der Waals surface area contributed by atoms with Crippen LogP contribution in [0.25, 0.3) is 10.9 Å². The zero-order chi connectivity index (χ0) is 18.0. The Balaban J connectivity index is 1.75. The molecule has 0 saturated carbocycles. The van der Waals surface area contributed by atoms with E-state index in [1.807, 2.05) is 0 Å². The predicted octanol–water partition coefficient (Wildman–Crippen LogP) is 3.90. The Morgan fingerprint density at radius 2 is 2.00 bits per heavy atom. The van der Waals surface area contributed by atoms with Crippen LogP contribution in [0, 0.1) is 0 Å². The molecule has 5 nitrogen and oxygen atoms in total. The van der Waals surface area contributed by atoms with Crippen molar-refractivity contribution >= 4 is 22.7 Å². The van der Waals surface area contributed by atoms with Crippen molar-refractivity contribution in [2.24, 2.45) is 0 Å². The van der Waals surface area contributed by atoms with Crippen molar-refractivity contribution in [1.29, 1.82) is 0 Å². The Labute approximate surface area is 142 Å². The van der Waals surface area contributed by atoms with Gasteiger partial charge >= 0.3 is 12.3 Å². The number of rotatable bonds is 2. The normalized spacial score (nSPS) is 16.1. The number of amides is 1. The maximum atomic E-state index is 12.8. The molecule has 3 rings (SSSR count). The standard InChI is InChI=1S/C17H18F3N3O2/c1-25-16(24)23-8-5-12(6-9-23)22-14-4-7-21-15-10-11(17(18,19)20)2-3-13(14)15/h2-4,7,10,12H,5-6,8-9H2,1H3,(H,21,22). The molecule has 1 fully saturated rings. The van der Waals surface area contributed by atoms with E-state index in [0.717, 1.165) is 30.7 Å². The zero-order valence-electron chi connectivity index (χ0n) is 13.6. The Morgan fingerprint density at radius 3 is 2.64 bits per heavy atom. The lowest BCUT2D eigenvalue weighted by atomic mass is 10.0. The second-order valence-electron chi connectivity index (χ2n) is 5.96. The number of anilines is 1. The first-order valence-electron chi connectivity index (χ1n) is 7.94. The van der Waals surface area contributed by atoms with E-state index in [-0.39, 0.29) is 12.1 Å².